The second kappa shape index (κ2) is 17.8. The largest absolute Gasteiger partial charge is 0.382 e. The van der Waals surface area contributed by atoms with Crippen LogP contribution in [0.3, 0.4) is 0 Å². The first-order valence-corrected chi connectivity index (χ1v) is 4.89. The Morgan fingerprint density at radius 1 is 0.846 bits per heavy atom. The van der Waals surface area contributed by atoms with E-state index in [0.717, 1.165) is 32.8 Å². The Labute approximate surface area is 81.6 Å². The predicted octanol–water partition coefficient (Wildman–Crippen LogP) is 0.353. The van der Waals surface area contributed by atoms with E-state index in [4.69, 9.17) is 20.9 Å². The molecule has 0 aliphatic heterocycles. The van der Waals surface area contributed by atoms with Crippen LogP contribution in [0.5, 0.6) is 0 Å². The van der Waals surface area contributed by atoms with Crippen LogP contribution in [0.1, 0.15) is 20.3 Å². The molecule has 4 heteroatoms. The fourth-order valence-electron chi connectivity index (χ4n) is 0.557. The summed E-state index contributed by atoms with van der Waals surface area (Å²) in [6.45, 7) is 8.39. The van der Waals surface area contributed by atoms with Gasteiger partial charge in [0.25, 0.3) is 0 Å². The molecule has 0 aromatic rings. The molecule has 0 heterocycles. The zero-order valence-corrected chi connectivity index (χ0v) is 8.92. The maximum atomic E-state index is 5.19. The van der Waals surface area contributed by atoms with E-state index in [1.54, 1.807) is 0 Å². The fourth-order valence-corrected chi connectivity index (χ4v) is 0.557. The third kappa shape index (κ3) is 24.5. The van der Waals surface area contributed by atoms with Gasteiger partial charge >= 0.3 is 0 Å². The van der Waals surface area contributed by atoms with Gasteiger partial charge in [-0.15, -0.1) is 0 Å². The molecule has 0 fully saturated rings. The summed E-state index contributed by atoms with van der Waals surface area (Å²) in [5, 5.41) is 0. The van der Waals surface area contributed by atoms with Crippen LogP contribution >= 0.6 is 0 Å². The summed E-state index contributed by atoms with van der Waals surface area (Å²) in [5.74, 6) is 0. The topological polar surface area (TPSA) is 70.5 Å². The van der Waals surface area contributed by atoms with Crippen LogP contribution in [-0.4, -0.2) is 39.5 Å². The highest BCUT2D eigenvalue weighted by Crippen LogP contribution is 1.76. The molecule has 0 radical (unpaired) electrons. The van der Waals surface area contributed by atoms with Gasteiger partial charge in [0.15, 0.2) is 0 Å². The second-order valence-corrected chi connectivity index (χ2v) is 2.32. The molecule has 0 spiro atoms. The Morgan fingerprint density at radius 3 is 1.69 bits per heavy atom. The van der Waals surface area contributed by atoms with Gasteiger partial charge in [0.2, 0.25) is 0 Å². The summed E-state index contributed by atoms with van der Waals surface area (Å²) in [5.41, 5.74) is 10.3. The normalized spacial score (nSPS) is 9.23. The average Bonchev–Trinajstić information content (AvgIpc) is 2.17. The Kier molecular flexibility index (Phi) is 21.0. The predicted molar refractivity (Wildman–Crippen MR) is 55.7 cm³/mol. The smallest absolute Gasteiger partial charge is 0.0588 e. The highest BCUT2D eigenvalue weighted by atomic mass is 16.5. The lowest BCUT2D eigenvalue weighted by molar-refractivity contribution is 0.146. The minimum atomic E-state index is 0.633. The van der Waals surface area contributed by atoms with Gasteiger partial charge in [0.1, 0.15) is 0 Å². The molecule has 0 amide bonds. The van der Waals surface area contributed by atoms with Crippen LogP contribution in [0.15, 0.2) is 0 Å². The molecule has 0 saturated heterocycles. The summed E-state index contributed by atoms with van der Waals surface area (Å²) >= 11 is 0. The molecule has 0 aromatic heterocycles. The van der Waals surface area contributed by atoms with Crippen LogP contribution in [0.25, 0.3) is 0 Å². The van der Waals surface area contributed by atoms with E-state index < -0.39 is 0 Å². The number of rotatable bonds is 7. The van der Waals surface area contributed by atoms with Crippen molar-refractivity contribution in [1.82, 2.24) is 0 Å². The van der Waals surface area contributed by atoms with E-state index >= 15 is 0 Å². The first kappa shape index (κ1) is 15.3. The minimum Gasteiger partial charge on any atom is -0.382 e. The summed E-state index contributed by atoms with van der Waals surface area (Å²) in [6.07, 6.45) is 0.980. The molecule has 0 rings (SSSR count). The second-order valence-electron chi connectivity index (χ2n) is 2.32. The molecule has 4 nitrogen and oxygen atoms in total. The van der Waals surface area contributed by atoms with Gasteiger partial charge in [-0.25, -0.2) is 0 Å². The van der Waals surface area contributed by atoms with Crippen molar-refractivity contribution >= 4 is 0 Å². The van der Waals surface area contributed by atoms with Crippen LogP contribution < -0.4 is 11.5 Å². The molecule has 0 saturated carbocycles. The lowest BCUT2D eigenvalue weighted by Crippen LogP contribution is -2.07. The lowest BCUT2D eigenvalue weighted by Gasteiger charge is -1.94. The third-order valence-electron chi connectivity index (χ3n) is 1.16. The van der Waals surface area contributed by atoms with Gasteiger partial charge in [0, 0.05) is 26.4 Å². The van der Waals surface area contributed by atoms with Crippen molar-refractivity contribution in [2.75, 3.05) is 39.5 Å². The molecule has 0 aliphatic rings. The maximum absolute atomic E-state index is 5.19. The molecular formula is C9H24N2O2. The summed E-state index contributed by atoms with van der Waals surface area (Å²) in [4.78, 5) is 0. The number of hydrogen-bond acceptors (Lipinski definition) is 4. The Balaban J connectivity index is 0. The van der Waals surface area contributed by atoms with Crippen LogP contribution in [-0.2, 0) is 9.47 Å². The third-order valence-corrected chi connectivity index (χ3v) is 1.16. The van der Waals surface area contributed by atoms with Crippen molar-refractivity contribution < 1.29 is 9.47 Å². The number of hydrogen-bond donors (Lipinski definition) is 2. The standard InChI is InChI=1S/C5H13NO.C4H11NO/c1-2-7-5-3-4-6;1-2-6-4-3-5/h2-6H2,1H3;2-5H2,1H3. The average molecular weight is 192 g/mol. The van der Waals surface area contributed by atoms with Crippen LogP contribution in [0.4, 0.5) is 0 Å². The molecule has 82 valence electrons. The first-order chi connectivity index (χ1) is 6.33. The summed E-state index contributed by atoms with van der Waals surface area (Å²) in [7, 11) is 0. The molecule has 0 aromatic carbocycles. The summed E-state index contributed by atoms with van der Waals surface area (Å²) < 4.78 is 9.85. The molecule has 0 atom stereocenters. The molecule has 13 heavy (non-hydrogen) atoms. The van der Waals surface area contributed by atoms with E-state index in [0.29, 0.717) is 13.2 Å². The minimum absolute atomic E-state index is 0.633. The first-order valence-electron chi connectivity index (χ1n) is 4.89. The van der Waals surface area contributed by atoms with Crippen LogP contribution in [0.2, 0.25) is 0 Å². The monoisotopic (exact) mass is 192 g/mol. The van der Waals surface area contributed by atoms with Gasteiger partial charge in [0.05, 0.1) is 6.61 Å². The fraction of sp³-hybridized carbons (Fsp3) is 1.00. The SMILES string of the molecule is CCOCCCN.CCOCCN. The Hall–Kier alpha value is -0.160. The van der Waals surface area contributed by atoms with E-state index in [1.165, 1.54) is 0 Å². The molecule has 4 N–H and O–H groups in total. The lowest BCUT2D eigenvalue weighted by atomic mass is 10.5. The molecular weight excluding hydrogens is 168 g/mol. The highest BCUT2D eigenvalue weighted by Gasteiger charge is 1.78. The van der Waals surface area contributed by atoms with E-state index in [9.17, 15) is 0 Å². The van der Waals surface area contributed by atoms with E-state index in [1.807, 2.05) is 13.8 Å². The van der Waals surface area contributed by atoms with Gasteiger partial charge < -0.3 is 20.9 Å². The molecule has 0 bridgehead atoms. The van der Waals surface area contributed by atoms with Gasteiger partial charge in [-0.05, 0) is 26.8 Å². The van der Waals surface area contributed by atoms with Crippen molar-refractivity contribution in [2.45, 2.75) is 20.3 Å². The Morgan fingerprint density at radius 2 is 1.38 bits per heavy atom. The zero-order valence-electron chi connectivity index (χ0n) is 8.92. The quantitative estimate of drug-likeness (QED) is 0.571. The number of nitrogens with two attached hydrogens (primary N) is 2. The molecule has 0 aliphatic carbocycles. The van der Waals surface area contributed by atoms with Crippen molar-refractivity contribution in [1.29, 1.82) is 0 Å². The highest BCUT2D eigenvalue weighted by molar-refractivity contribution is 4.32. The van der Waals surface area contributed by atoms with Gasteiger partial charge in [-0.3, -0.25) is 0 Å². The van der Waals surface area contributed by atoms with E-state index in [-0.39, 0.29) is 0 Å². The summed E-state index contributed by atoms with van der Waals surface area (Å²) in [6, 6.07) is 0. The molecule has 0 unspecified atom stereocenters. The Bertz CT molecular complexity index is 64.6. The van der Waals surface area contributed by atoms with Gasteiger partial charge in [-0.2, -0.15) is 0 Å². The van der Waals surface area contributed by atoms with E-state index in [2.05, 4.69) is 0 Å². The maximum Gasteiger partial charge on any atom is 0.0588 e. The number of ether oxygens (including phenoxy) is 2. The van der Waals surface area contributed by atoms with Crippen molar-refractivity contribution in [3.63, 3.8) is 0 Å². The zero-order chi connectivity index (χ0) is 10.4. The van der Waals surface area contributed by atoms with Crippen LogP contribution in [0, 0.1) is 0 Å². The van der Waals surface area contributed by atoms with Crippen molar-refractivity contribution in [3.05, 3.63) is 0 Å². The van der Waals surface area contributed by atoms with Gasteiger partial charge in [-0.1, -0.05) is 0 Å². The van der Waals surface area contributed by atoms with Crippen molar-refractivity contribution in [2.24, 2.45) is 11.5 Å². The van der Waals surface area contributed by atoms with Crippen molar-refractivity contribution in [3.8, 4) is 0 Å².